The molecule has 2 atom stereocenters. The molecule has 0 aromatic carbocycles. The van der Waals surface area contributed by atoms with E-state index in [9.17, 15) is 22.8 Å². The number of esters is 1. The number of methoxy groups -OCH3 is 2. The Morgan fingerprint density at radius 1 is 1.33 bits per heavy atom. The predicted octanol–water partition coefficient (Wildman–Crippen LogP) is 0.317. The van der Waals surface area contributed by atoms with E-state index in [1.165, 1.54) is 7.11 Å². The quantitative estimate of drug-likeness (QED) is 0.715. The molecule has 1 amide bonds. The molecule has 1 heterocycles. The topological polar surface area (TPSA) is 67.9 Å². The van der Waals surface area contributed by atoms with E-state index < -0.39 is 30.6 Å². The van der Waals surface area contributed by atoms with Crippen molar-refractivity contribution in [3.05, 3.63) is 0 Å². The number of ether oxygens (including phenoxy) is 2. The Morgan fingerprint density at radius 3 is 2.48 bits per heavy atom. The van der Waals surface area contributed by atoms with Crippen molar-refractivity contribution in [3.63, 3.8) is 0 Å². The van der Waals surface area contributed by atoms with Crippen molar-refractivity contribution in [2.45, 2.75) is 31.2 Å². The predicted molar refractivity (Wildman–Crippen MR) is 66.5 cm³/mol. The number of nitrogens with one attached hydrogen (secondary N) is 1. The lowest BCUT2D eigenvalue weighted by molar-refractivity contribution is -0.163. The molecule has 9 heteroatoms. The van der Waals surface area contributed by atoms with Crippen LogP contribution in [0.25, 0.3) is 0 Å². The molecule has 0 bridgehead atoms. The van der Waals surface area contributed by atoms with Gasteiger partial charge in [-0.1, -0.05) is 0 Å². The molecule has 1 saturated heterocycles. The van der Waals surface area contributed by atoms with Gasteiger partial charge in [-0.3, -0.25) is 9.59 Å². The first-order valence-corrected chi connectivity index (χ1v) is 6.45. The second-order valence-electron chi connectivity index (χ2n) is 4.76. The first-order chi connectivity index (χ1) is 9.76. The Balaban J connectivity index is 2.66. The Labute approximate surface area is 120 Å². The summed E-state index contributed by atoms with van der Waals surface area (Å²) in [6, 6.07) is -0.727. The van der Waals surface area contributed by atoms with Crippen molar-refractivity contribution in [3.8, 4) is 0 Å². The van der Waals surface area contributed by atoms with Crippen LogP contribution in [0.15, 0.2) is 0 Å². The van der Waals surface area contributed by atoms with Gasteiger partial charge in [-0.25, -0.2) is 0 Å². The van der Waals surface area contributed by atoms with Crippen LogP contribution in [0.5, 0.6) is 0 Å². The Kier molecular flexibility index (Phi) is 6.41. The molecule has 0 aliphatic carbocycles. The fraction of sp³-hybridized carbons (Fsp3) is 0.833. The van der Waals surface area contributed by atoms with Crippen LogP contribution in [0.4, 0.5) is 13.2 Å². The molecule has 1 rings (SSSR count). The van der Waals surface area contributed by atoms with E-state index in [2.05, 4.69) is 10.1 Å². The van der Waals surface area contributed by atoms with Crippen LogP contribution in [0, 0.1) is 0 Å². The van der Waals surface area contributed by atoms with Crippen LogP contribution >= 0.6 is 0 Å². The lowest BCUT2D eigenvalue weighted by atomic mass is 10.1. The number of nitrogens with zero attached hydrogens (tertiary/aromatic N) is 1. The van der Waals surface area contributed by atoms with Crippen LogP contribution < -0.4 is 5.32 Å². The number of hydrogen-bond donors (Lipinski definition) is 1. The average Bonchev–Trinajstić information content (AvgIpc) is 2.89. The summed E-state index contributed by atoms with van der Waals surface area (Å²) in [5, 5.41) is 2.83. The maximum Gasteiger partial charge on any atom is 0.406 e. The van der Waals surface area contributed by atoms with Gasteiger partial charge in [0.05, 0.1) is 25.7 Å². The highest BCUT2D eigenvalue weighted by molar-refractivity contribution is 5.83. The Bertz CT molecular complexity index is 376. The van der Waals surface area contributed by atoms with E-state index in [0.717, 1.165) is 7.11 Å². The van der Waals surface area contributed by atoms with Crippen LogP contribution in [-0.4, -0.2) is 69.0 Å². The standard InChI is InChI=1S/C12H19F3N2O4/c1-20-8-5-9(16-6-8)11(19)17(7-12(13,14)15)4-3-10(18)21-2/h8-9,16H,3-7H2,1-2H3. The smallest absolute Gasteiger partial charge is 0.406 e. The molecule has 1 aliphatic heterocycles. The summed E-state index contributed by atoms with van der Waals surface area (Å²) in [4.78, 5) is 23.8. The molecule has 0 saturated carbocycles. The summed E-state index contributed by atoms with van der Waals surface area (Å²) in [6.07, 6.45) is -4.70. The van der Waals surface area contributed by atoms with Gasteiger partial charge < -0.3 is 19.7 Å². The molecule has 0 radical (unpaired) electrons. The second-order valence-corrected chi connectivity index (χ2v) is 4.76. The van der Waals surface area contributed by atoms with Crippen LogP contribution in [0.3, 0.4) is 0 Å². The van der Waals surface area contributed by atoms with Gasteiger partial charge >= 0.3 is 12.1 Å². The Hall–Kier alpha value is -1.35. The summed E-state index contributed by atoms with van der Waals surface area (Å²) < 4.78 is 47.1. The average molecular weight is 312 g/mol. The zero-order valence-corrected chi connectivity index (χ0v) is 11.9. The van der Waals surface area contributed by atoms with Gasteiger partial charge in [0, 0.05) is 20.2 Å². The number of carbonyl (C=O) groups excluding carboxylic acids is 2. The van der Waals surface area contributed by atoms with Crippen molar-refractivity contribution < 1.29 is 32.2 Å². The minimum Gasteiger partial charge on any atom is -0.469 e. The molecule has 122 valence electrons. The third kappa shape index (κ3) is 5.88. The zero-order valence-electron chi connectivity index (χ0n) is 11.9. The van der Waals surface area contributed by atoms with Gasteiger partial charge in [0.1, 0.15) is 6.54 Å². The molecule has 0 aromatic rings. The maximum atomic E-state index is 12.5. The normalized spacial score (nSPS) is 22.1. The molecule has 1 aliphatic rings. The number of carbonyl (C=O) groups is 2. The first-order valence-electron chi connectivity index (χ1n) is 6.45. The van der Waals surface area contributed by atoms with E-state index in [1.807, 2.05) is 0 Å². The maximum absolute atomic E-state index is 12.5. The molecule has 6 nitrogen and oxygen atoms in total. The fourth-order valence-electron chi connectivity index (χ4n) is 2.10. The third-order valence-electron chi connectivity index (χ3n) is 3.22. The second kappa shape index (κ2) is 7.60. The number of rotatable bonds is 6. The summed E-state index contributed by atoms with van der Waals surface area (Å²) in [5.74, 6) is -1.35. The molecular weight excluding hydrogens is 293 g/mol. The number of amides is 1. The zero-order chi connectivity index (χ0) is 16.0. The van der Waals surface area contributed by atoms with Gasteiger partial charge in [-0.15, -0.1) is 0 Å². The minimum atomic E-state index is -4.52. The van der Waals surface area contributed by atoms with Crippen molar-refractivity contribution in [1.82, 2.24) is 10.2 Å². The SMILES string of the molecule is COC(=O)CCN(CC(F)(F)F)C(=O)C1CC(OC)CN1. The van der Waals surface area contributed by atoms with E-state index in [1.54, 1.807) is 0 Å². The van der Waals surface area contributed by atoms with E-state index in [0.29, 0.717) is 17.9 Å². The van der Waals surface area contributed by atoms with Crippen molar-refractivity contribution in [1.29, 1.82) is 0 Å². The first kappa shape index (κ1) is 17.7. The summed E-state index contributed by atoms with van der Waals surface area (Å²) >= 11 is 0. The number of alkyl halides is 3. The highest BCUT2D eigenvalue weighted by atomic mass is 19.4. The number of hydrogen-bond acceptors (Lipinski definition) is 5. The van der Waals surface area contributed by atoms with E-state index in [-0.39, 0.29) is 19.1 Å². The third-order valence-corrected chi connectivity index (χ3v) is 3.22. The highest BCUT2D eigenvalue weighted by Gasteiger charge is 2.38. The molecular formula is C12H19F3N2O4. The van der Waals surface area contributed by atoms with Gasteiger partial charge in [-0.2, -0.15) is 13.2 Å². The lowest BCUT2D eigenvalue weighted by Crippen LogP contribution is -2.48. The largest absolute Gasteiger partial charge is 0.469 e. The lowest BCUT2D eigenvalue weighted by Gasteiger charge is -2.26. The van der Waals surface area contributed by atoms with Crippen molar-refractivity contribution in [2.24, 2.45) is 0 Å². The van der Waals surface area contributed by atoms with E-state index >= 15 is 0 Å². The molecule has 1 fully saturated rings. The summed E-state index contributed by atoms with van der Waals surface area (Å²) in [7, 11) is 2.61. The molecule has 2 unspecified atom stereocenters. The molecule has 0 spiro atoms. The summed E-state index contributed by atoms with van der Waals surface area (Å²) in [5.41, 5.74) is 0. The van der Waals surface area contributed by atoms with Gasteiger partial charge in [0.15, 0.2) is 0 Å². The fourth-order valence-corrected chi connectivity index (χ4v) is 2.10. The van der Waals surface area contributed by atoms with E-state index in [4.69, 9.17) is 4.74 Å². The monoisotopic (exact) mass is 312 g/mol. The van der Waals surface area contributed by atoms with Crippen LogP contribution in [0.2, 0.25) is 0 Å². The summed E-state index contributed by atoms with van der Waals surface area (Å²) in [6.45, 7) is -1.32. The van der Waals surface area contributed by atoms with Crippen molar-refractivity contribution >= 4 is 11.9 Å². The van der Waals surface area contributed by atoms with Crippen molar-refractivity contribution in [2.75, 3.05) is 33.9 Å². The van der Waals surface area contributed by atoms with Gasteiger partial charge in [0.25, 0.3) is 0 Å². The van der Waals surface area contributed by atoms with Crippen LogP contribution in [0.1, 0.15) is 12.8 Å². The molecule has 0 aromatic heterocycles. The minimum absolute atomic E-state index is 0.202. The Morgan fingerprint density at radius 2 is 2.00 bits per heavy atom. The van der Waals surface area contributed by atoms with Crippen LogP contribution in [-0.2, 0) is 19.1 Å². The molecule has 21 heavy (non-hydrogen) atoms. The van der Waals surface area contributed by atoms with Gasteiger partial charge in [-0.05, 0) is 6.42 Å². The molecule has 1 N–H and O–H groups in total. The number of halogens is 3. The highest BCUT2D eigenvalue weighted by Crippen LogP contribution is 2.19. The van der Waals surface area contributed by atoms with Gasteiger partial charge in [0.2, 0.25) is 5.91 Å².